The van der Waals surface area contributed by atoms with Gasteiger partial charge in [0.05, 0.1) is 25.4 Å². The molecular weight excluding hydrogens is 524 g/mol. The summed E-state index contributed by atoms with van der Waals surface area (Å²) < 4.78 is 25.4. The molecule has 4 N–H and O–H groups in total. The van der Waals surface area contributed by atoms with Crippen LogP contribution in [0.3, 0.4) is 0 Å². The van der Waals surface area contributed by atoms with Crippen molar-refractivity contribution in [2.75, 3.05) is 13.2 Å². The second-order valence-electron chi connectivity index (χ2n) is 15.9. The molecule has 0 unspecified atom stereocenters. The van der Waals surface area contributed by atoms with E-state index in [1.807, 2.05) is 0 Å². The molecule has 17 atom stereocenters. The van der Waals surface area contributed by atoms with E-state index in [1.165, 1.54) is 38.5 Å². The third-order valence-corrected chi connectivity index (χ3v) is 14.1. The first-order valence-electron chi connectivity index (χ1n) is 16.8. The van der Waals surface area contributed by atoms with E-state index in [2.05, 4.69) is 27.7 Å². The van der Waals surface area contributed by atoms with Gasteiger partial charge in [-0.05, 0) is 104 Å². The van der Waals surface area contributed by atoms with Crippen molar-refractivity contribution in [1.82, 2.24) is 0 Å². The van der Waals surface area contributed by atoms with Crippen molar-refractivity contribution in [3.63, 3.8) is 0 Å². The molecule has 0 aromatic carbocycles. The lowest BCUT2D eigenvalue weighted by Crippen LogP contribution is -2.60. The Labute approximate surface area is 245 Å². The van der Waals surface area contributed by atoms with Gasteiger partial charge in [0.1, 0.15) is 24.4 Å². The zero-order chi connectivity index (χ0) is 28.9. The molecule has 7 rings (SSSR count). The van der Waals surface area contributed by atoms with Crippen LogP contribution in [0.25, 0.3) is 0 Å². The van der Waals surface area contributed by atoms with E-state index in [9.17, 15) is 20.4 Å². The SMILES string of the molecule is C[C@H]1CC[C@@]2(OC1)O[C@H]1C[C@@H]3[C@@H]4CC[C@H]5C[C@H](O[C@@H]6O[C@@H](CO)[C@@H](O)[C@H](O)[C@@H]6O)CC[C@]5(C)[C@@H]4CC[C@]3(C)[C@@H]1[C@@H]2C. The second kappa shape index (κ2) is 10.4. The molecule has 0 aromatic rings. The second-order valence-corrected chi connectivity index (χ2v) is 15.9. The molecule has 0 radical (unpaired) electrons. The summed E-state index contributed by atoms with van der Waals surface area (Å²) >= 11 is 0. The monoisotopic (exact) mass is 578 g/mol. The minimum Gasteiger partial charge on any atom is -0.394 e. The molecule has 7 aliphatic rings. The first-order chi connectivity index (χ1) is 19.5. The van der Waals surface area contributed by atoms with E-state index in [-0.39, 0.29) is 17.3 Å². The summed E-state index contributed by atoms with van der Waals surface area (Å²) in [6, 6.07) is 0. The standard InChI is InChI=1S/C33H54O8/c1-17-7-12-33(38-16-17)18(2)26-24(41-33)14-23-21-6-5-19-13-20(8-10-31(19,3)22(21)9-11-32(23,26)4)39-30-29(37)28(36)27(35)25(15-34)40-30/h17-30,34-37H,5-16H2,1-4H3/t17-,18-,19-,20+,21+,22+,23+,24-,25-,26+,27+,28-,29-,30+,31-,32-,33+/m0/s1. The molecule has 1 spiro atoms. The van der Waals surface area contributed by atoms with E-state index in [4.69, 9.17) is 18.9 Å². The molecule has 3 heterocycles. The predicted molar refractivity (Wildman–Crippen MR) is 150 cm³/mol. The Hall–Kier alpha value is -0.320. The van der Waals surface area contributed by atoms with E-state index in [0.717, 1.165) is 50.0 Å². The van der Waals surface area contributed by atoms with E-state index in [0.29, 0.717) is 35.2 Å². The summed E-state index contributed by atoms with van der Waals surface area (Å²) in [5.74, 6) is 4.08. The Bertz CT molecular complexity index is 967. The van der Waals surface area contributed by atoms with Crippen LogP contribution < -0.4 is 0 Å². The van der Waals surface area contributed by atoms with Gasteiger partial charge in [0, 0.05) is 12.3 Å². The van der Waals surface area contributed by atoms with Gasteiger partial charge in [0.2, 0.25) is 0 Å². The van der Waals surface area contributed by atoms with Crippen LogP contribution in [-0.2, 0) is 18.9 Å². The molecule has 0 aromatic heterocycles. The number of aliphatic hydroxyl groups excluding tert-OH is 4. The molecule has 0 amide bonds. The highest BCUT2D eigenvalue weighted by Crippen LogP contribution is 2.71. The topological polar surface area (TPSA) is 118 Å². The van der Waals surface area contributed by atoms with Crippen LogP contribution in [0.2, 0.25) is 0 Å². The highest BCUT2D eigenvalue weighted by molar-refractivity contribution is 5.15. The highest BCUT2D eigenvalue weighted by Gasteiger charge is 2.69. The van der Waals surface area contributed by atoms with Crippen LogP contribution in [0, 0.1) is 52.3 Å². The summed E-state index contributed by atoms with van der Waals surface area (Å²) in [6.45, 7) is 10.3. The first kappa shape index (κ1) is 29.4. The van der Waals surface area contributed by atoms with Gasteiger partial charge in [0.15, 0.2) is 12.1 Å². The third-order valence-electron chi connectivity index (χ3n) is 14.1. The number of hydrogen-bond donors (Lipinski definition) is 4. The van der Waals surface area contributed by atoms with Crippen molar-refractivity contribution in [2.45, 2.75) is 141 Å². The van der Waals surface area contributed by atoms with Crippen LogP contribution in [0.15, 0.2) is 0 Å². The van der Waals surface area contributed by atoms with Crippen molar-refractivity contribution in [2.24, 2.45) is 52.3 Å². The molecule has 8 nitrogen and oxygen atoms in total. The lowest BCUT2D eigenvalue weighted by atomic mass is 9.44. The summed E-state index contributed by atoms with van der Waals surface area (Å²) in [5, 5.41) is 40.4. The summed E-state index contributed by atoms with van der Waals surface area (Å²) in [6.07, 6.45) is 5.64. The van der Waals surface area contributed by atoms with Gasteiger partial charge in [-0.2, -0.15) is 0 Å². The number of fused-ring (bicyclic) bond motifs is 7. The van der Waals surface area contributed by atoms with Gasteiger partial charge in [-0.3, -0.25) is 0 Å². The normalized spacial score (nSPS) is 60.3. The van der Waals surface area contributed by atoms with Gasteiger partial charge in [-0.25, -0.2) is 0 Å². The van der Waals surface area contributed by atoms with Crippen LogP contribution in [0.4, 0.5) is 0 Å². The quantitative estimate of drug-likeness (QED) is 0.375. The van der Waals surface area contributed by atoms with Crippen molar-refractivity contribution < 1.29 is 39.4 Å². The molecular formula is C33H54O8. The Balaban J connectivity index is 1.03. The largest absolute Gasteiger partial charge is 0.394 e. The maximum Gasteiger partial charge on any atom is 0.186 e. The summed E-state index contributed by atoms with van der Waals surface area (Å²) in [7, 11) is 0. The maximum absolute atomic E-state index is 10.5. The predicted octanol–water partition coefficient (Wildman–Crippen LogP) is 3.62. The zero-order valence-electron chi connectivity index (χ0n) is 25.5. The fourth-order valence-electron chi connectivity index (χ4n) is 11.7. The van der Waals surface area contributed by atoms with E-state index < -0.39 is 37.3 Å². The summed E-state index contributed by atoms with van der Waals surface area (Å²) in [4.78, 5) is 0. The summed E-state index contributed by atoms with van der Waals surface area (Å²) in [5.41, 5.74) is 0.612. The van der Waals surface area contributed by atoms with Crippen molar-refractivity contribution >= 4 is 0 Å². The molecule has 7 fully saturated rings. The van der Waals surface area contributed by atoms with Gasteiger partial charge in [0.25, 0.3) is 0 Å². The van der Waals surface area contributed by atoms with Crippen molar-refractivity contribution in [3.8, 4) is 0 Å². The minimum absolute atomic E-state index is 0.0607. The molecule has 3 aliphatic heterocycles. The van der Waals surface area contributed by atoms with Crippen molar-refractivity contribution in [3.05, 3.63) is 0 Å². The first-order valence-corrected chi connectivity index (χ1v) is 16.8. The molecule has 234 valence electrons. The highest BCUT2D eigenvalue weighted by atomic mass is 16.7. The number of ether oxygens (including phenoxy) is 4. The maximum atomic E-state index is 10.5. The lowest BCUT2D eigenvalue weighted by Gasteiger charge is -2.61. The Morgan fingerprint density at radius 3 is 2.34 bits per heavy atom. The van der Waals surface area contributed by atoms with Crippen LogP contribution >= 0.6 is 0 Å². The van der Waals surface area contributed by atoms with Crippen LogP contribution in [0.5, 0.6) is 0 Å². The van der Waals surface area contributed by atoms with Crippen molar-refractivity contribution in [1.29, 1.82) is 0 Å². The molecule has 3 saturated heterocycles. The zero-order valence-corrected chi connectivity index (χ0v) is 25.5. The fourth-order valence-corrected chi connectivity index (χ4v) is 11.7. The number of rotatable bonds is 3. The molecule has 4 aliphatic carbocycles. The van der Waals surface area contributed by atoms with Gasteiger partial charge < -0.3 is 39.4 Å². The molecule has 41 heavy (non-hydrogen) atoms. The number of hydrogen-bond acceptors (Lipinski definition) is 8. The average molecular weight is 579 g/mol. The van der Waals surface area contributed by atoms with Gasteiger partial charge in [-0.1, -0.05) is 27.7 Å². The molecule has 4 saturated carbocycles. The Kier molecular flexibility index (Phi) is 7.43. The molecule has 8 heteroatoms. The van der Waals surface area contributed by atoms with E-state index >= 15 is 0 Å². The minimum atomic E-state index is -1.40. The number of aliphatic hydroxyl groups is 4. The van der Waals surface area contributed by atoms with Crippen LogP contribution in [0.1, 0.15) is 91.9 Å². The Morgan fingerprint density at radius 2 is 1.61 bits per heavy atom. The van der Waals surface area contributed by atoms with Crippen LogP contribution in [-0.4, -0.2) is 82.3 Å². The third kappa shape index (κ3) is 4.36. The van der Waals surface area contributed by atoms with E-state index in [1.54, 1.807) is 0 Å². The average Bonchev–Trinajstić information content (AvgIpc) is 3.40. The van der Waals surface area contributed by atoms with Gasteiger partial charge in [-0.15, -0.1) is 0 Å². The van der Waals surface area contributed by atoms with Gasteiger partial charge >= 0.3 is 0 Å². The smallest absolute Gasteiger partial charge is 0.186 e. The fraction of sp³-hybridized carbons (Fsp3) is 1.00. The Morgan fingerprint density at radius 1 is 0.829 bits per heavy atom. The molecule has 0 bridgehead atoms. The lowest BCUT2D eigenvalue weighted by molar-refractivity contribution is -0.316.